The number of piperidine rings is 1. The predicted molar refractivity (Wildman–Crippen MR) is 103 cm³/mol. The highest BCUT2D eigenvalue weighted by Gasteiger charge is 2.28. The monoisotopic (exact) mass is 405 g/mol. The molecule has 0 bridgehead atoms. The number of amides is 1. The van der Waals surface area contributed by atoms with Gasteiger partial charge in [0, 0.05) is 31.6 Å². The SMILES string of the molecule is Cc1cccc(S(=O)(=O)N2CCC(=NOC(=O)Nc3ccc(F)cc3)CC2)c1. The number of rotatable bonds is 4. The second-order valence-corrected chi connectivity index (χ2v) is 8.33. The van der Waals surface area contributed by atoms with Crippen LogP contribution in [0.25, 0.3) is 0 Å². The Kier molecular flexibility index (Phi) is 6.05. The van der Waals surface area contributed by atoms with Gasteiger partial charge in [-0.3, -0.25) is 10.2 Å². The van der Waals surface area contributed by atoms with Gasteiger partial charge in [0.1, 0.15) is 5.82 Å². The normalized spacial score (nSPS) is 15.1. The van der Waals surface area contributed by atoms with E-state index >= 15 is 0 Å². The van der Waals surface area contributed by atoms with Crippen molar-refractivity contribution < 1.29 is 22.4 Å². The van der Waals surface area contributed by atoms with E-state index in [4.69, 9.17) is 4.84 Å². The second kappa shape index (κ2) is 8.49. The van der Waals surface area contributed by atoms with Gasteiger partial charge in [-0.2, -0.15) is 4.31 Å². The summed E-state index contributed by atoms with van der Waals surface area (Å²) in [6.45, 7) is 2.37. The Hall–Kier alpha value is -2.78. The van der Waals surface area contributed by atoms with E-state index in [2.05, 4.69) is 10.5 Å². The molecule has 1 aliphatic heterocycles. The van der Waals surface area contributed by atoms with Gasteiger partial charge in [0.2, 0.25) is 10.0 Å². The minimum atomic E-state index is -3.56. The third kappa shape index (κ3) is 4.93. The average molecular weight is 405 g/mol. The molecule has 1 aliphatic rings. The number of sulfonamides is 1. The van der Waals surface area contributed by atoms with Crippen molar-refractivity contribution in [3.8, 4) is 0 Å². The first-order valence-electron chi connectivity index (χ1n) is 8.71. The molecule has 3 rings (SSSR count). The van der Waals surface area contributed by atoms with Crippen LogP contribution in [-0.4, -0.2) is 37.6 Å². The molecule has 0 radical (unpaired) electrons. The first-order chi connectivity index (χ1) is 13.3. The van der Waals surface area contributed by atoms with Crippen molar-refractivity contribution in [1.82, 2.24) is 4.31 Å². The third-order valence-corrected chi connectivity index (χ3v) is 6.17. The van der Waals surface area contributed by atoms with Crippen LogP contribution in [0, 0.1) is 12.7 Å². The molecule has 0 unspecified atom stereocenters. The zero-order valence-corrected chi connectivity index (χ0v) is 16.1. The quantitative estimate of drug-likeness (QED) is 0.623. The Morgan fingerprint density at radius 1 is 1.14 bits per heavy atom. The van der Waals surface area contributed by atoms with Gasteiger partial charge in [0.05, 0.1) is 10.6 Å². The number of hydrogen-bond donors (Lipinski definition) is 1. The number of nitrogens with zero attached hydrogens (tertiary/aromatic N) is 2. The van der Waals surface area contributed by atoms with E-state index in [0.717, 1.165) is 5.56 Å². The molecule has 0 atom stereocenters. The molecule has 1 N–H and O–H groups in total. The molecule has 9 heteroatoms. The summed E-state index contributed by atoms with van der Waals surface area (Å²) in [6, 6.07) is 12.0. The fraction of sp³-hybridized carbons (Fsp3) is 0.263. The molecule has 1 amide bonds. The first-order valence-corrected chi connectivity index (χ1v) is 10.1. The van der Waals surface area contributed by atoms with E-state index in [1.807, 2.05) is 13.0 Å². The third-order valence-electron chi connectivity index (χ3n) is 4.28. The average Bonchev–Trinajstić information content (AvgIpc) is 2.68. The molecule has 2 aromatic rings. The molecule has 2 aromatic carbocycles. The summed E-state index contributed by atoms with van der Waals surface area (Å²) in [7, 11) is -3.56. The molecule has 0 saturated carbocycles. The number of aryl methyl sites for hydroxylation is 1. The number of oxime groups is 1. The maximum atomic E-state index is 12.8. The Bertz CT molecular complexity index is 980. The summed E-state index contributed by atoms with van der Waals surface area (Å²) >= 11 is 0. The fourth-order valence-electron chi connectivity index (χ4n) is 2.78. The topological polar surface area (TPSA) is 88.1 Å². The lowest BCUT2D eigenvalue weighted by atomic mass is 10.1. The molecule has 0 spiro atoms. The molecule has 0 aliphatic carbocycles. The number of halogens is 1. The summed E-state index contributed by atoms with van der Waals surface area (Å²) in [5.41, 5.74) is 1.86. The number of anilines is 1. The first kappa shape index (κ1) is 20.0. The summed E-state index contributed by atoms with van der Waals surface area (Å²) in [4.78, 5) is 16.8. The zero-order valence-electron chi connectivity index (χ0n) is 15.3. The van der Waals surface area contributed by atoms with Crippen molar-refractivity contribution in [3.05, 3.63) is 59.9 Å². The molecule has 0 aromatic heterocycles. The molecule has 1 heterocycles. The predicted octanol–water partition coefficient (Wildman–Crippen LogP) is 3.52. The van der Waals surface area contributed by atoms with Crippen molar-refractivity contribution in [2.45, 2.75) is 24.7 Å². The fourth-order valence-corrected chi connectivity index (χ4v) is 4.33. The van der Waals surface area contributed by atoms with Gasteiger partial charge >= 0.3 is 6.09 Å². The van der Waals surface area contributed by atoms with Crippen LogP contribution in [0.2, 0.25) is 0 Å². The van der Waals surface area contributed by atoms with Gasteiger partial charge in [-0.15, -0.1) is 0 Å². The molecule has 7 nitrogen and oxygen atoms in total. The minimum Gasteiger partial charge on any atom is -0.298 e. The lowest BCUT2D eigenvalue weighted by Gasteiger charge is -2.26. The number of benzene rings is 2. The Labute approximate surface area is 162 Å². The van der Waals surface area contributed by atoms with Crippen LogP contribution in [0.3, 0.4) is 0 Å². The van der Waals surface area contributed by atoms with Crippen molar-refractivity contribution in [3.63, 3.8) is 0 Å². The van der Waals surface area contributed by atoms with E-state index in [1.165, 1.54) is 28.6 Å². The van der Waals surface area contributed by atoms with Crippen molar-refractivity contribution in [1.29, 1.82) is 0 Å². The minimum absolute atomic E-state index is 0.262. The van der Waals surface area contributed by atoms with E-state index in [-0.39, 0.29) is 18.0 Å². The number of hydrogen-bond acceptors (Lipinski definition) is 5. The molecule has 1 fully saturated rings. The molecular formula is C19H20FN3O4S. The molecule has 148 valence electrons. The highest BCUT2D eigenvalue weighted by Crippen LogP contribution is 2.20. The van der Waals surface area contributed by atoms with E-state index < -0.39 is 21.9 Å². The highest BCUT2D eigenvalue weighted by molar-refractivity contribution is 7.89. The van der Waals surface area contributed by atoms with Crippen LogP contribution in [0.4, 0.5) is 14.9 Å². The van der Waals surface area contributed by atoms with Gasteiger partial charge in [0.15, 0.2) is 0 Å². The lowest BCUT2D eigenvalue weighted by molar-refractivity contribution is 0.165. The van der Waals surface area contributed by atoms with Gasteiger partial charge in [-0.05, 0) is 48.9 Å². The van der Waals surface area contributed by atoms with Crippen molar-refractivity contribution in [2.75, 3.05) is 18.4 Å². The largest absolute Gasteiger partial charge is 0.437 e. The van der Waals surface area contributed by atoms with E-state index in [0.29, 0.717) is 24.2 Å². The van der Waals surface area contributed by atoms with Crippen LogP contribution >= 0.6 is 0 Å². The maximum absolute atomic E-state index is 12.8. The number of carbonyl (C=O) groups is 1. The number of nitrogens with one attached hydrogen (secondary N) is 1. The van der Waals surface area contributed by atoms with Gasteiger partial charge in [-0.1, -0.05) is 17.3 Å². The standard InChI is InChI=1S/C19H20FN3O4S/c1-14-3-2-4-18(13-14)28(25,26)23-11-9-17(10-12-23)22-27-19(24)21-16-7-5-15(20)6-8-16/h2-8,13H,9-12H2,1H3,(H,21,24). The van der Waals surface area contributed by atoms with Crippen LogP contribution in [-0.2, 0) is 14.9 Å². The van der Waals surface area contributed by atoms with Gasteiger partial charge < -0.3 is 0 Å². The van der Waals surface area contributed by atoms with E-state index in [1.54, 1.807) is 18.2 Å². The van der Waals surface area contributed by atoms with Crippen LogP contribution in [0.5, 0.6) is 0 Å². The summed E-state index contributed by atoms with van der Waals surface area (Å²) in [6.07, 6.45) is -0.0575. The smallest absolute Gasteiger partial charge is 0.298 e. The van der Waals surface area contributed by atoms with Crippen molar-refractivity contribution in [2.24, 2.45) is 5.16 Å². The summed E-state index contributed by atoms with van der Waals surface area (Å²) in [5.74, 6) is -0.411. The molecule has 1 saturated heterocycles. The Balaban J connectivity index is 1.54. The summed E-state index contributed by atoms with van der Waals surface area (Å²) < 4.78 is 39.7. The molecule has 28 heavy (non-hydrogen) atoms. The van der Waals surface area contributed by atoms with Crippen molar-refractivity contribution >= 4 is 27.5 Å². The second-order valence-electron chi connectivity index (χ2n) is 6.39. The van der Waals surface area contributed by atoms with Crippen LogP contribution in [0.1, 0.15) is 18.4 Å². The van der Waals surface area contributed by atoms with Gasteiger partial charge in [0.25, 0.3) is 0 Å². The Morgan fingerprint density at radius 2 is 1.82 bits per heavy atom. The van der Waals surface area contributed by atoms with Crippen LogP contribution < -0.4 is 5.32 Å². The Morgan fingerprint density at radius 3 is 2.46 bits per heavy atom. The highest BCUT2D eigenvalue weighted by atomic mass is 32.2. The summed E-state index contributed by atoms with van der Waals surface area (Å²) in [5, 5.41) is 6.24. The lowest BCUT2D eigenvalue weighted by Crippen LogP contribution is -2.38. The van der Waals surface area contributed by atoms with Crippen LogP contribution in [0.15, 0.2) is 58.6 Å². The maximum Gasteiger partial charge on any atom is 0.437 e. The number of carbonyl (C=O) groups excluding carboxylic acids is 1. The molecular weight excluding hydrogens is 385 g/mol. The zero-order chi connectivity index (χ0) is 20.1. The van der Waals surface area contributed by atoms with Gasteiger partial charge in [-0.25, -0.2) is 17.6 Å². The van der Waals surface area contributed by atoms with E-state index in [9.17, 15) is 17.6 Å².